The number of quaternary nitrogens is 1. The highest BCUT2D eigenvalue weighted by molar-refractivity contribution is 5.92. The van der Waals surface area contributed by atoms with Gasteiger partial charge in [-0.25, -0.2) is 4.68 Å². The zero-order valence-corrected chi connectivity index (χ0v) is 18.0. The minimum atomic E-state index is 0.00216. The zero-order chi connectivity index (χ0) is 21.0. The lowest BCUT2D eigenvalue weighted by Crippen LogP contribution is -3.08. The van der Waals surface area contributed by atoms with E-state index >= 15 is 0 Å². The molecule has 1 amide bonds. The second kappa shape index (κ2) is 9.05. The molecule has 152 valence electrons. The van der Waals surface area contributed by atoms with Crippen LogP contribution in [0.1, 0.15) is 35.0 Å². The monoisotopic (exact) mass is 391 g/mol. The molecule has 1 heterocycles. The van der Waals surface area contributed by atoms with Crippen LogP contribution < -0.4 is 10.2 Å². The van der Waals surface area contributed by atoms with Gasteiger partial charge in [-0.3, -0.25) is 4.79 Å². The Morgan fingerprint density at radius 1 is 1.00 bits per heavy atom. The number of nitrogens with one attached hydrogen (secondary N) is 2. The molecule has 0 saturated heterocycles. The maximum absolute atomic E-state index is 12.6. The average Bonchev–Trinajstić information content (AvgIpc) is 2.97. The summed E-state index contributed by atoms with van der Waals surface area (Å²) >= 11 is 0. The van der Waals surface area contributed by atoms with E-state index in [1.807, 2.05) is 37.7 Å². The predicted molar refractivity (Wildman–Crippen MR) is 118 cm³/mol. The number of rotatable bonds is 7. The van der Waals surface area contributed by atoms with Gasteiger partial charge in [-0.2, -0.15) is 5.10 Å². The number of benzene rings is 2. The Bertz CT molecular complexity index is 971. The summed E-state index contributed by atoms with van der Waals surface area (Å²) in [6, 6.07) is 16.8. The minimum Gasteiger partial charge on any atom is -0.326 e. The SMILES string of the molecule is CCc1ccc(C[NH+](C)CC(=O)Nc2c(C)nn(-c3ccc(C)cc3)c2C)cc1. The summed E-state index contributed by atoms with van der Waals surface area (Å²) in [6.45, 7) is 9.36. The maximum Gasteiger partial charge on any atom is 0.279 e. The van der Waals surface area contributed by atoms with E-state index in [0.717, 1.165) is 40.6 Å². The lowest BCUT2D eigenvalue weighted by molar-refractivity contribution is -0.885. The highest BCUT2D eigenvalue weighted by Crippen LogP contribution is 2.22. The van der Waals surface area contributed by atoms with Crippen LogP contribution in [0.5, 0.6) is 0 Å². The normalized spacial score (nSPS) is 12.0. The van der Waals surface area contributed by atoms with Gasteiger partial charge >= 0.3 is 0 Å². The van der Waals surface area contributed by atoms with Crippen molar-refractivity contribution in [1.82, 2.24) is 9.78 Å². The standard InChI is InChI=1S/C24H30N4O/c1-6-20-9-11-21(12-10-20)15-27(5)16-23(29)25-24-18(3)26-28(19(24)4)22-13-7-17(2)8-14-22/h7-14H,6,15-16H2,1-5H3,(H,25,29)/p+1. The van der Waals surface area contributed by atoms with Crippen molar-refractivity contribution in [1.29, 1.82) is 0 Å². The number of likely N-dealkylation sites (N-methyl/N-ethyl adjacent to an activating group) is 1. The molecular formula is C24H31N4O+. The Balaban J connectivity index is 1.64. The fraction of sp³-hybridized carbons (Fsp3) is 0.333. The number of carbonyl (C=O) groups is 1. The molecule has 0 bridgehead atoms. The van der Waals surface area contributed by atoms with Crippen molar-refractivity contribution in [2.24, 2.45) is 0 Å². The van der Waals surface area contributed by atoms with E-state index in [9.17, 15) is 4.79 Å². The van der Waals surface area contributed by atoms with E-state index in [1.54, 1.807) is 0 Å². The van der Waals surface area contributed by atoms with Crippen LogP contribution in [-0.2, 0) is 17.8 Å². The van der Waals surface area contributed by atoms with E-state index in [1.165, 1.54) is 16.7 Å². The second-order valence-electron chi connectivity index (χ2n) is 7.82. The number of amides is 1. The van der Waals surface area contributed by atoms with Crippen molar-refractivity contribution in [3.05, 3.63) is 76.6 Å². The number of hydrogen-bond donors (Lipinski definition) is 2. The third-order valence-electron chi connectivity index (χ3n) is 5.23. The first kappa shape index (κ1) is 20.8. The molecule has 2 aromatic carbocycles. The van der Waals surface area contributed by atoms with Crippen molar-refractivity contribution in [3.63, 3.8) is 0 Å². The molecule has 1 unspecified atom stereocenters. The zero-order valence-electron chi connectivity index (χ0n) is 18.0. The van der Waals surface area contributed by atoms with Gasteiger partial charge in [0.15, 0.2) is 6.54 Å². The third kappa shape index (κ3) is 5.12. The molecule has 29 heavy (non-hydrogen) atoms. The molecular weight excluding hydrogens is 360 g/mol. The van der Waals surface area contributed by atoms with E-state index in [2.05, 4.69) is 60.7 Å². The van der Waals surface area contributed by atoms with Gasteiger partial charge in [0.2, 0.25) is 0 Å². The number of hydrogen-bond acceptors (Lipinski definition) is 2. The molecule has 0 aliphatic carbocycles. The van der Waals surface area contributed by atoms with Gasteiger partial charge in [0.25, 0.3) is 5.91 Å². The Hall–Kier alpha value is -2.92. The minimum absolute atomic E-state index is 0.00216. The molecule has 0 saturated carbocycles. The average molecular weight is 392 g/mol. The molecule has 0 fully saturated rings. The molecule has 3 aromatic rings. The predicted octanol–water partition coefficient (Wildman–Crippen LogP) is 3.01. The van der Waals surface area contributed by atoms with Crippen LogP contribution in [0.2, 0.25) is 0 Å². The lowest BCUT2D eigenvalue weighted by Gasteiger charge is -2.14. The largest absolute Gasteiger partial charge is 0.326 e. The third-order valence-corrected chi connectivity index (χ3v) is 5.23. The molecule has 1 atom stereocenters. The number of nitrogens with zero attached hydrogens (tertiary/aromatic N) is 2. The topological polar surface area (TPSA) is 51.4 Å². The summed E-state index contributed by atoms with van der Waals surface area (Å²) in [4.78, 5) is 13.8. The fourth-order valence-electron chi connectivity index (χ4n) is 3.52. The van der Waals surface area contributed by atoms with Crippen LogP contribution in [0, 0.1) is 20.8 Å². The molecule has 2 N–H and O–H groups in total. The highest BCUT2D eigenvalue weighted by Gasteiger charge is 2.17. The first-order valence-electron chi connectivity index (χ1n) is 10.2. The molecule has 1 aromatic heterocycles. The Morgan fingerprint density at radius 3 is 2.24 bits per heavy atom. The summed E-state index contributed by atoms with van der Waals surface area (Å²) in [6.07, 6.45) is 1.04. The van der Waals surface area contributed by atoms with Crippen molar-refractivity contribution >= 4 is 11.6 Å². The number of carbonyl (C=O) groups excluding carboxylic acids is 1. The van der Waals surface area contributed by atoms with E-state index in [4.69, 9.17) is 0 Å². The van der Waals surface area contributed by atoms with Gasteiger partial charge in [0, 0.05) is 5.56 Å². The van der Waals surface area contributed by atoms with Gasteiger partial charge in [0.05, 0.1) is 29.8 Å². The van der Waals surface area contributed by atoms with Gasteiger partial charge in [-0.1, -0.05) is 48.9 Å². The van der Waals surface area contributed by atoms with Crippen LogP contribution in [0.15, 0.2) is 48.5 Å². The molecule has 0 aliphatic rings. The molecule has 5 heteroatoms. The van der Waals surface area contributed by atoms with Gasteiger partial charge in [-0.05, 0) is 44.9 Å². The van der Waals surface area contributed by atoms with Crippen molar-refractivity contribution < 1.29 is 9.69 Å². The molecule has 3 rings (SSSR count). The Labute approximate surface area is 173 Å². The first-order chi connectivity index (χ1) is 13.9. The van der Waals surface area contributed by atoms with E-state index in [-0.39, 0.29) is 5.91 Å². The first-order valence-corrected chi connectivity index (χ1v) is 10.2. The maximum atomic E-state index is 12.6. The van der Waals surface area contributed by atoms with Crippen LogP contribution in [0.4, 0.5) is 5.69 Å². The van der Waals surface area contributed by atoms with Crippen molar-refractivity contribution in [3.8, 4) is 5.69 Å². The van der Waals surface area contributed by atoms with Gasteiger partial charge in [-0.15, -0.1) is 0 Å². The smallest absolute Gasteiger partial charge is 0.279 e. The summed E-state index contributed by atoms with van der Waals surface area (Å²) in [5, 5.41) is 7.69. The number of anilines is 1. The molecule has 0 radical (unpaired) electrons. The van der Waals surface area contributed by atoms with Crippen LogP contribution in [0.25, 0.3) is 5.69 Å². The summed E-state index contributed by atoms with van der Waals surface area (Å²) in [5.74, 6) is 0.00216. The molecule has 0 aliphatic heterocycles. The number of aromatic nitrogens is 2. The number of aryl methyl sites for hydroxylation is 3. The van der Waals surface area contributed by atoms with E-state index < -0.39 is 0 Å². The van der Waals surface area contributed by atoms with Gasteiger partial charge in [0.1, 0.15) is 6.54 Å². The summed E-state index contributed by atoms with van der Waals surface area (Å²) < 4.78 is 1.89. The quantitative estimate of drug-likeness (QED) is 0.651. The molecule has 5 nitrogen and oxygen atoms in total. The fourth-order valence-corrected chi connectivity index (χ4v) is 3.52. The summed E-state index contributed by atoms with van der Waals surface area (Å²) in [5.41, 5.74) is 7.34. The summed E-state index contributed by atoms with van der Waals surface area (Å²) in [7, 11) is 2.04. The van der Waals surface area contributed by atoms with Crippen LogP contribution in [-0.4, -0.2) is 29.3 Å². The Kier molecular flexibility index (Phi) is 6.49. The van der Waals surface area contributed by atoms with Crippen molar-refractivity contribution in [2.45, 2.75) is 40.7 Å². The van der Waals surface area contributed by atoms with E-state index in [0.29, 0.717) is 6.54 Å². The lowest BCUT2D eigenvalue weighted by atomic mass is 10.1. The van der Waals surface area contributed by atoms with Crippen molar-refractivity contribution in [2.75, 3.05) is 18.9 Å². The second-order valence-corrected chi connectivity index (χ2v) is 7.82. The van der Waals surface area contributed by atoms with Crippen LogP contribution >= 0.6 is 0 Å². The van der Waals surface area contributed by atoms with Crippen LogP contribution in [0.3, 0.4) is 0 Å². The Morgan fingerprint density at radius 2 is 1.62 bits per heavy atom. The molecule has 0 spiro atoms. The highest BCUT2D eigenvalue weighted by atomic mass is 16.2. The van der Waals surface area contributed by atoms with Gasteiger partial charge < -0.3 is 10.2 Å².